The van der Waals surface area contributed by atoms with Gasteiger partial charge in [0.15, 0.2) is 0 Å². The molecular weight excluding hydrogens is 214 g/mol. The highest BCUT2D eigenvalue weighted by molar-refractivity contribution is 5.08. The van der Waals surface area contributed by atoms with Crippen molar-refractivity contribution in [3.8, 4) is 0 Å². The number of nitrogens with one attached hydrogen (secondary N) is 1. The molecule has 0 fully saturated rings. The van der Waals surface area contributed by atoms with E-state index in [1.807, 2.05) is 45.7 Å². The fourth-order valence-corrected chi connectivity index (χ4v) is 1.69. The summed E-state index contributed by atoms with van der Waals surface area (Å²) in [5.41, 5.74) is 2.11. The maximum atomic E-state index is 4.36. The van der Waals surface area contributed by atoms with E-state index in [9.17, 15) is 0 Å². The molecule has 1 atom stereocenters. The number of aryl methyl sites for hydroxylation is 2. The molecule has 0 aliphatic carbocycles. The van der Waals surface area contributed by atoms with Crippen molar-refractivity contribution in [1.82, 2.24) is 25.1 Å². The van der Waals surface area contributed by atoms with Gasteiger partial charge in [-0.2, -0.15) is 5.10 Å². The van der Waals surface area contributed by atoms with E-state index in [0.29, 0.717) is 0 Å². The summed E-state index contributed by atoms with van der Waals surface area (Å²) in [5.74, 6) is 0.809. The summed E-state index contributed by atoms with van der Waals surface area (Å²) in [6, 6.07) is 2.11. The zero-order chi connectivity index (χ0) is 12.3. The zero-order valence-electron chi connectivity index (χ0n) is 10.4. The van der Waals surface area contributed by atoms with Crippen LogP contribution < -0.4 is 5.32 Å². The van der Waals surface area contributed by atoms with Gasteiger partial charge in [0.1, 0.15) is 5.82 Å². The van der Waals surface area contributed by atoms with Gasteiger partial charge in [0.25, 0.3) is 0 Å². The second kappa shape index (κ2) is 5.05. The summed E-state index contributed by atoms with van der Waals surface area (Å²) >= 11 is 0. The van der Waals surface area contributed by atoms with Crippen LogP contribution in [0.15, 0.2) is 24.7 Å². The summed E-state index contributed by atoms with van der Waals surface area (Å²) in [6.45, 7) is 1.98. The van der Waals surface area contributed by atoms with E-state index < -0.39 is 0 Å². The normalized spacial score (nSPS) is 12.6. The van der Waals surface area contributed by atoms with Gasteiger partial charge in [0.05, 0.1) is 11.7 Å². The molecule has 1 unspecified atom stereocenters. The Kier molecular flexibility index (Phi) is 3.49. The fraction of sp³-hybridized carbons (Fsp3) is 0.417. The Morgan fingerprint density at radius 2 is 2.06 bits per heavy atom. The Labute approximate surface area is 101 Å². The van der Waals surface area contributed by atoms with Crippen molar-refractivity contribution in [1.29, 1.82) is 0 Å². The molecule has 0 aliphatic heterocycles. The summed E-state index contributed by atoms with van der Waals surface area (Å²) in [7, 11) is 3.83. The molecule has 0 aliphatic rings. The number of hydrogen-bond donors (Lipinski definition) is 1. The molecule has 1 N–H and O–H groups in total. The van der Waals surface area contributed by atoms with Crippen LogP contribution in [0.2, 0.25) is 0 Å². The molecule has 0 bridgehead atoms. The van der Waals surface area contributed by atoms with Gasteiger partial charge in [0, 0.05) is 32.1 Å². The van der Waals surface area contributed by atoms with Gasteiger partial charge in [-0.1, -0.05) is 0 Å². The van der Waals surface area contributed by atoms with Crippen LogP contribution in [0.1, 0.15) is 23.1 Å². The van der Waals surface area contributed by atoms with Crippen molar-refractivity contribution < 1.29 is 0 Å². The van der Waals surface area contributed by atoms with E-state index >= 15 is 0 Å². The minimum atomic E-state index is 0.102. The molecule has 0 saturated heterocycles. The third-order valence-corrected chi connectivity index (χ3v) is 2.64. The van der Waals surface area contributed by atoms with Crippen molar-refractivity contribution in [2.75, 3.05) is 7.05 Å². The molecule has 2 rings (SSSR count). The first-order valence-corrected chi connectivity index (χ1v) is 5.63. The quantitative estimate of drug-likeness (QED) is 0.853. The molecule has 0 amide bonds. The predicted octanol–water partition coefficient (Wildman–Crippen LogP) is 1.02. The molecule has 0 aromatic carbocycles. The second-order valence-electron chi connectivity index (χ2n) is 4.14. The van der Waals surface area contributed by atoms with Crippen LogP contribution in [0.25, 0.3) is 0 Å². The first kappa shape index (κ1) is 11.7. The lowest BCUT2D eigenvalue weighted by atomic mass is 10.1. The molecule has 5 heteroatoms. The van der Waals surface area contributed by atoms with E-state index in [2.05, 4.69) is 20.4 Å². The van der Waals surface area contributed by atoms with Gasteiger partial charge >= 0.3 is 0 Å². The molecule has 90 valence electrons. The minimum absolute atomic E-state index is 0.102. The van der Waals surface area contributed by atoms with Gasteiger partial charge in [-0.05, 0) is 25.6 Å². The Hall–Kier alpha value is -1.75. The van der Waals surface area contributed by atoms with E-state index in [-0.39, 0.29) is 6.04 Å². The molecule has 2 aromatic rings. The highest BCUT2D eigenvalue weighted by Gasteiger charge is 2.14. The van der Waals surface area contributed by atoms with Gasteiger partial charge in [-0.15, -0.1) is 0 Å². The van der Waals surface area contributed by atoms with Gasteiger partial charge in [-0.3, -0.25) is 4.68 Å². The smallest absolute Gasteiger partial charge is 0.145 e. The van der Waals surface area contributed by atoms with E-state index in [0.717, 1.165) is 23.5 Å². The maximum Gasteiger partial charge on any atom is 0.145 e. The number of aromatic nitrogens is 4. The summed E-state index contributed by atoms with van der Waals surface area (Å²) in [5, 5.41) is 7.58. The lowest BCUT2D eigenvalue weighted by Gasteiger charge is -2.13. The molecule has 5 nitrogen and oxygen atoms in total. The average molecular weight is 231 g/mol. The third kappa shape index (κ3) is 2.88. The second-order valence-corrected chi connectivity index (χ2v) is 4.14. The number of nitrogens with zero attached hydrogens (tertiary/aromatic N) is 4. The Morgan fingerprint density at radius 1 is 1.35 bits per heavy atom. The molecule has 2 aromatic heterocycles. The molecule has 0 spiro atoms. The van der Waals surface area contributed by atoms with Gasteiger partial charge < -0.3 is 5.32 Å². The summed E-state index contributed by atoms with van der Waals surface area (Å²) in [4.78, 5) is 8.69. The van der Waals surface area contributed by atoms with Crippen LogP contribution >= 0.6 is 0 Å². The number of likely N-dealkylation sites (N-methyl/N-ethyl adjacent to an activating group) is 1. The lowest BCUT2D eigenvalue weighted by Crippen LogP contribution is -2.21. The van der Waals surface area contributed by atoms with Crippen molar-refractivity contribution in [2.24, 2.45) is 7.05 Å². The predicted molar refractivity (Wildman–Crippen MR) is 65.5 cm³/mol. The number of hydrogen-bond acceptors (Lipinski definition) is 4. The highest BCUT2D eigenvalue weighted by Crippen LogP contribution is 2.12. The third-order valence-electron chi connectivity index (χ3n) is 2.64. The van der Waals surface area contributed by atoms with Crippen LogP contribution in [0, 0.1) is 6.92 Å². The molecule has 0 radical (unpaired) electrons. The summed E-state index contributed by atoms with van der Waals surface area (Å²) in [6.07, 6.45) is 6.41. The van der Waals surface area contributed by atoms with Crippen LogP contribution in [0.4, 0.5) is 0 Å². The maximum absolute atomic E-state index is 4.36. The Bertz CT molecular complexity index is 474. The topological polar surface area (TPSA) is 55.6 Å². The molecule has 17 heavy (non-hydrogen) atoms. The highest BCUT2D eigenvalue weighted by atomic mass is 15.2. The molecule has 0 saturated carbocycles. The van der Waals surface area contributed by atoms with Crippen LogP contribution in [-0.4, -0.2) is 26.8 Å². The SMILES string of the molecule is CNC(Cc1ccn(C)n1)c1ncc(C)cn1. The lowest BCUT2D eigenvalue weighted by molar-refractivity contribution is 0.545. The summed E-state index contributed by atoms with van der Waals surface area (Å²) < 4.78 is 1.80. The fourth-order valence-electron chi connectivity index (χ4n) is 1.69. The first-order valence-electron chi connectivity index (χ1n) is 5.63. The van der Waals surface area contributed by atoms with Crippen molar-refractivity contribution in [3.05, 3.63) is 41.7 Å². The largest absolute Gasteiger partial charge is 0.310 e. The van der Waals surface area contributed by atoms with Crippen molar-refractivity contribution in [2.45, 2.75) is 19.4 Å². The van der Waals surface area contributed by atoms with Gasteiger partial charge in [0.2, 0.25) is 0 Å². The van der Waals surface area contributed by atoms with Crippen LogP contribution in [0.3, 0.4) is 0 Å². The first-order chi connectivity index (χ1) is 8.19. The van der Waals surface area contributed by atoms with E-state index in [1.54, 1.807) is 4.68 Å². The Morgan fingerprint density at radius 3 is 2.59 bits per heavy atom. The van der Waals surface area contributed by atoms with E-state index in [4.69, 9.17) is 0 Å². The van der Waals surface area contributed by atoms with Gasteiger partial charge in [-0.25, -0.2) is 9.97 Å². The van der Waals surface area contributed by atoms with Crippen LogP contribution in [0.5, 0.6) is 0 Å². The number of rotatable bonds is 4. The Balaban J connectivity index is 2.13. The molecule has 2 heterocycles. The van der Waals surface area contributed by atoms with E-state index in [1.165, 1.54) is 0 Å². The van der Waals surface area contributed by atoms with Crippen molar-refractivity contribution >= 4 is 0 Å². The minimum Gasteiger partial charge on any atom is -0.310 e. The molecular formula is C12H17N5. The van der Waals surface area contributed by atoms with Crippen molar-refractivity contribution in [3.63, 3.8) is 0 Å². The monoisotopic (exact) mass is 231 g/mol. The average Bonchev–Trinajstić information content (AvgIpc) is 2.73. The zero-order valence-corrected chi connectivity index (χ0v) is 10.4. The van der Waals surface area contributed by atoms with Crippen LogP contribution in [-0.2, 0) is 13.5 Å². The standard InChI is InChI=1S/C12H17N5/c1-9-7-14-12(15-8-9)11(13-2)6-10-4-5-17(3)16-10/h4-5,7-8,11,13H,6H2,1-3H3.